The largest absolute Gasteiger partial charge is 0.350 e. The van der Waals surface area contributed by atoms with E-state index in [0.29, 0.717) is 13.1 Å². The number of thiophene rings is 1. The van der Waals surface area contributed by atoms with E-state index in [2.05, 4.69) is 19.2 Å². The molecule has 0 unspecified atom stereocenters. The van der Waals surface area contributed by atoms with Gasteiger partial charge in [-0.2, -0.15) is 0 Å². The summed E-state index contributed by atoms with van der Waals surface area (Å²) in [6.07, 6.45) is 2.16. The topological polar surface area (TPSA) is 55.1 Å². The lowest BCUT2D eigenvalue weighted by molar-refractivity contribution is 0.0958. The second-order valence-corrected chi connectivity index (χ2v) is 4.74. The van der Waals surface area contributed by atoms with Crippen molar-refractivity contribution in [2.24, 2.45) is 5.73 Å². The van der Waals surface area contributed by atoms with Crippen molar-refractivity contribution >= 4 is 17.2 Å². The molecule has 0 aliphatic heterocycles. The van der Waals surface area contributed by atoms with E-state index >= 15 is 0 Å². The highest BCUT2D eigenvalue weighted by molar-refractivity contribution is 7.14. The van der Waals surface area contributed by atoms with Crippen LogP contribution >= 0.6 is 11.3 Å². The number of hydrogen-bond acceptors (Lipinski definition) is 3. The second-order valence-electron chi connectivity index (χ2n) is 3.49. The zero-order valence-corrected chi connectivity index (χ0v) is 10.1. The number of carbonyl (C=O) groups is 1. The van der Waals surface area contributed by atoms with Crippen molar-refractivity contribution < 1.29 is 4.79 Å². The maximum absolute atomic E-state index is 11.6. The zero-order chi connectivity index (χ0) is 11.3. The minimum atomic E-state index is -0.00379. The summed E-state index contributed by atoms with van der Waals surface area (Å²) < 4.78 is 0. The van der Waals surface area contributed by atoms with Crippen LogP contribution in [0.3, 0.4) is 0 Å². The van der Waals surface area contributed by atoms with Gasteiger partial charge in [-0.1, -0.05) is 13.3 Å². The summed E-state index contributed by atoms with van der Waals surface area (Å²) in [5.74, 6) is -0.00379. The van der Waals surface area contributed by atoms with E-state index in [1.807, 2.05) is 6.07 Å². The molecule has 1 rings (SSSR count). The maximum Gasteiger partial charge on any atom is 0.261 e. The zero-order valence-electron chi connectivity index (χ0n) is 9.30. The monoisotopic (exact) mass is 226 g/mol. The predicted molar refractivity (Wildman–Crippen MR) is 64.4 cm³/mol. The second kappa shape index (κ2) is 5.88. The Morgan fingerprint density at radius 3 is 2.93 bits per heavy atom. The molecule has 0 aromatic carbocycles. The van der Waals surface area contributed by atoms with Gasteiger partial charge < -0.3 is 11.1 Å². The Balaban J connectivity index is 2.69. The molecule has 0 saturated carbocycles. The number of hydrogen-bond donors (Lipinski definition) is 2. The summed E-state index contributed by atoms with van der Waals surface area (Å²) in [4.78, 5) is 13.7. The summed E-state index contributed by atoms with van der Waals surface area (Å²) in [6.45, 7) is 5.23. The molecule has 3 N–H and O–H groups in total. The number of aryl methyl sites for hydroxylation is 2. The van der Waals surface area contributed by atoms with Gasteiger partial charge in [0, 0.05) is 18.0 Å². The Bertz CT molecular complexity index is 333. The summed E-state index contributed by atoms with van der Waals surface area (Å²) in [5.41, 5.74) is 6.62. The normalized spacial score (nSPS) is 10.3. The highest BCUT2D eigenvalue weighted by Gasteiger charge is 2.10. The predicted octanol–water partition coefficient (Wildman–Crippen LogP) is 1.70. The van der Waals surface area contributed by atoms with Gasteiger partial charge in [-0.05, 0) is 25.0 Å². The molecule has 84 valence electrons. The molecule has 15 heavy (non-hydrogen) atoms. The van der Waals surface area contributed by atoms with E-state index in [9.17, 15) is 4.79 Å². The van der Waals surface area contributed by atoms with Crippen molar-refractivity contribution in [3.8, 4) is 0 Å². The summed E-state index contributed by atoms with van der Waals surface area (Å²) in [5, 5.41) is 2.78. The van der Waals surface area contributed by atoms with Crippen molar-refractivity contribution in [2.75, 3.05) is 13.1 Å². The van der Waals surface area contributed by atoms with Crippen LogP contribution in [0.1, 0.15) is 33.5 Å². The van der Waals surface area contributed by atoms with E-state index in [0.717, 1.165) is 17.7 Å². The first-order valence-electron chi connectivity index (χ1n) is 5.26. The number of nitrogens with one attached hydrogen (secondary N) is 1. The van der Waals surface area contributed by atoms with E-state index in [4.69, 9.17) is 5.73 Å². The van der Waals surface area contributed by atoms with Crippen LogP contribution in [0.4, 0.5) is 0 Å². The Labute approximate surface area is 94.7 Å². The van der Waals surface area contributed by atoms with Crippen molar-refractivity contribution in [2.45, 2.75) is 26.7 Å². The molecular formula is C11H18N2OS. The lowest BCUT2D eigenvalue weighted by Gasteiger charge is -1.99. The fraction of sp³-hybridized carbons (Fsp3) is 0.545. The van der Waals surface area contributed by atoms with Gasteiger partial charge in [0.2, 0.25) is 0 Å². The van der Waals surface area contributed by atoms with Crippen LogP contribution in [-0.2, 0) is 6.42 Å². The molecule has 0 fully saturated rings. The van der Waals surface area contributed by atoms with E-state index in [1.165, 1.54) is 10.4 Å². The fourth-order valence-electron chi connectivity index (χ4n) is 1.42. The smallest absolute Gasteiger partial charge is 0.261 e. The molecule has 1 aromatic heterocycles. The van der Waals surface area contributed by atoms with Gasteiger partial charge in [-0.15, -0.1) is 11.3 Å². The molecule has 0 radical (unpaired) electrons. The molecule has 0 aliphatic rings. The lowest BCUT2D eigenvalue weighted by atomic mass is 10.1. The SMILES string of the molecule is CCCc1cc(C(=O)NCCN)sc1C. The van der Waals surface area contributed by atoms with E-state index in [1.54, 1.807) is 11.3 Å². The molecular weight excluding hydrogens is 208 g/mol. The minimum absolute atomic E-state index is 0.00379. The average Bonchev–Trinajstić information content (AvgIpc) is 2.58. The van der Waals surface area contributed by atoms with Crippen molar-refractivity contribution in [3.05, 3.63) is 21.4 Å². The van der Waals surface area contributed by atoms with Crippen molar-refractivity contribution in [1.29, 1.82) is 0 Å². The van der Waals surface area contributed by atoms with Gasteiger partial charge in [0.15, 0.2) is 0 Å². The number of rotatable bonds is 5. The van der Waals surface area contributed by atoms with Crippen LogP contribution in [0.5, 0.6) is 0 Å². The van der Waals surface area contributed by atoms with Gasteiger partial charge in [0.25, 0.3) is 5.91 Å². The first kappa shape index (κ1) is 12.2. The standard InChI is InChI=1S/C11H18N2OS/c1-3-4-9-7-10(15-8(9)2)11(14)13-6-5-12/h7H,3-6,12H2,1-2H3,(H,13,14). The Morgan fingerprint density at radius 1 is 1.60 bits per heavy atom. The van der Waals surface area contributed by atoms with Crippen molar-refractivity contribution in [3.63, 3.8) is 0 Å². The molecule has 1 aromatic rings. The van der Waals surface area contributed by atoms with Crippen LogP contribution in [-0.4, -0.2) is 19.0 Å². The molecule has 0 spiro atoms. The van der Waals surface area contributed by atoms with Crippen molar-refractivity contribution in [1.82, 2.24) is 5.32 Å². The van der Waals surface area contributed by atoms with Crippen LogP contribution in [0.25, 0.3) is 0 Å². The third-order valence-corrected chi connectivity index (χ3v) is 3.29. The van der Waals surface area contributed by atoms with Gasteiger partial charge in [-0.25, -0.2) is 0 Å². The number of carbonyl (C=O) groups excluding carboxylic acids is 1. The average molecular weight is 226 g/mol. The van der Waals surface area contributed by atoms with Crippen LogP contribution in [0, 0.1) is 6.92 Å². The van der Waals surface area contributed by atoms with Gasteiger partial charge in [0.1, 0.15) is 0 Å². The molecule has 1 heterocycles. The van der Waals surface area contributed by atoms with Gasteiger partial charge in [-0.3, -0.25) is 4.79 Å². The Kier molecular flexibility index (Phi) is 4.78. The van der Waals surface area contributed by atoms with Crippen LogP contribution < -0.4 is 11.1 Å². The highest BCUT2D eigenvalue weighted by atomic mass is 32.1. The van der Waals surface area contributed by atoms with E-state index in [-0.39, 0.29) is 5.91 Å². The molecule has 3 nitrogen and oxygen atoms in total. The molecule has 0 aliphatic carbocycles. The molecule has 1 amide bonds. The third-order valence-electron chi connectivity index (χ3n) is 2.19. The van der Waals surface area contributed by atoms with Gasteiger partial charge >= 0.3 is 0 Å². The number of amides is 1. The molecule has 0 atom stereocenters. The van der Waals surface area contributed by atoms with Crippen LogP contribution in [0.15, 0.2) is 6.07 Å². The molecule has 0 bridgehead atoms. The highest BCUT2D eigenvalue weighted by Crippen LogP contribution is 2.22. The van der Waals surface area contributed by atoms with Crippen LogP contribution in [0.2, 0.25) is 0 Å². The summed E-state index contributed by atoms with van der Waals surface area (Å²) in [6, 6.07) is 2.00. The summed E-state index contributed by atoms with van der Waals surface area (Å²) in [7, 11) is 0. The first-order chi connectivity index (χ1) is 7.19. The van der Waals surface area contributed by atoms with Gasteiger partial charge in [0.05, 0.1) is 4.88 Å². The third kappa shape index (κ3) is 3.32. The Morgan fingerprint density at radius 2 is 2.33 bits per heavy atom. The summed E-state index contributed by atoms with van der Waals surface area (Å²) >= 11 is 1.56. The molecule has 4 heteroatoms. The minimum Gasteiger partial charge on any atom is -0.350 e. The number of nitrogens with two attached hydrogens (primary N) is 1. The van der Waals surface area contributed by atoms with E-state index < -0.39 is 0 Å². The first-order valence-corrected chi connectivity index (χ1v) is 6.08. The maximum atomic E-state index is 11.6. The Hall–Kier alpha value is -0.870. The fourth-order valence-corrected chi connectivity index (χ4v) is 2.41. The lowest BCUT2D eigenvalue weighted by Crippen LogP contribution is -2.28. The quantitative estimate of drug-likeness (QED) is 0.803. The molecule has 0 saturated heterocycles.